The summed E-state index contributed by atoms with van der Waals surface area (Å²) in [6.07, 6.45) is 0.102. The van der Waals surface area contributed by atoms with Gasteiger partial charge in [0, 0.05) is 17.9 Å². The average Bonchev–Trinajstić information content (AvgIpc) is 2.67. The number of rotatable bonds is 8. The molecule has 2 aromatic rings. The van der Waals surface area contributed by atoms with Crippen LogP contribution in [0.2, 0.25) is 0 Å². The van der Waals surface area contributed by atoms with E-state index in [-0.39, 0.29) is 18.7 Å². The van der Waals surface area contributed by atoms with E-state index in [0.717, 1.165) is 17.5 Å². The van der Waals surface area contributed by atoms with Gasteiger partial charge in [0.25, 0.3) is 0 Å². The van der Waals surface area contributed by atoms with E-state index in [1.165, 1.54) is 12.5 Å². The van der Waals surface area contributed by atoms with Crippen molar-refractivity contribution in [2.75, 3.05) is 6.54 Å². The first-order valence-corrected chi connectivity index (χ1v) is 8.98. The smallest absolute Gasteiger partial charge is 0.338 e. The fourth-order valence-corrected chi connectivity index (χ4v) is 2.84. The predicted molar refractivity (Wildman–Crippen MR) is 103 cm³/mol. The maximum absolute atomic E-state index is 12.5. The highest BCUT2D eigenvalue weighted by atomic mass is 16.5. The highest BCUT2D eigenvalue weighted by Crippen LogP contribution is 2.22. The molecule has 144 valence electrons. The molecule has 6 heteroatoms. The second-order valence-electron chi connectivity index (χ2n) is 6.68. The van der Waals surface area contributed by atoms with Crippen molar-refractivity contribution < 1.29 is 19.9 Å². The molecule has 27 heavy (non-hydrogen) atoms. The van der Waals surface area contributed by atoms with Crippen LogP contribution in [0.25, 0.3) is 11.1 Å². The van der Waals surface area contributed by atoms with E-state index in [1.54, 1.807) is 12.1 Å². The Morgan fingerprint density at radius 2 is 1.56 bits per heavy atom. The zero-order chi connectivity index (χ0) is 20.0. The van der Waals surface area contributed by atoms with Gasteiger partial charge < -0.3 is 10.8 Å². The van der Waals surface area contributed by atoms with Gasteiger partial charge in [-0.3, -0.25) is 10.0 Å². The van der Waals surface area contributed by atoms with E-state index in [2.05, 4.69) is 31.2 Å². The summed E-state index contributed by atoms with van der Waals surface area (Å²) in [4.78, 5) is 23.5. The summed E-state index contributed by atoms with van der Waals surface area (Å²) in [6, 6.07) is 14.5. The van der Waals surface area contributed by atoms with Gasteiger partial charge in [-0.1, -0.05) is 55.5 Å². The van der Waals surface area contributed by atoms with E-state index >= 15 is 0 Å². The van der Waals surface area contributed by atoms with Crippen LogP contribution in [0.15, 0.2) is 48.5 Å². The van der Waals surface area contributed by atoms with Crippen molar-refractivity contribution >= 4 is 11.8 Å². The Bertz CT molecular complexity index is 770. The number of hydroxylamine groups is 2. The van der Waals surface area contributed by atoms with Crippen LogP contribution in [-0.2, 0) is 6.42 Å². The number of aryl methyl sites for hydroxylation is 1. The number of hydrogen-bond acceptors (Lipinski definition) is 4. The topological polar surface area (TPSA) is 104 Å². The molecule has 0 spiro atoms. The second kappa shape index (κ2) is 9.30. The number of carbonyl (C=O) groups is 2. The molecule has 0 saturated carbocycles. The molecule has 2 amide bonds. The molecule has 0 radical (unpaired) electrons. The molecule has 0 unspecified atom stereocenters. The number of nitrogens with two attached hydrogens (primary N) is 1. The Morgan fingerprint density at radius 1 is 1.04 bits per heavy atom. The number of aliphatic hydroxyl groups is 1. The minimum Gasteiger partial charge on any atom is -0.393 e. The van der Waals surface area contributed by atoms with Crippen LogP contribution in [0.4, 0.5) is 4.79 Å². The molecule has 0 fully saturated rings. The molecule has 0 saturated heterocycles. The van der Waals surface area contributed by atoms with Crippen molar-refractivity contribution in [3.63, 3.8) is 0 Å². The molecular formula is C21H26N2O4. The quantitative estimate of drug-likeness (QED) is 0.377. The van der Waals surface area contributed by atoms with Crippen LogP contribution in [0.3, 0.4) is 0 Å². The standard InChI is InChI=1S/C21H26N2O4/c1-3-15-4-6-16(7-5-15)17-8-10-18(11-9-17)20(25)12-19(14(2)24)13-23(27)21(22)26/h4-11,14,19,24,27H,3,12-13H2,1-2H3,(H2,22,26)/t14-,19-/m1/s1. The monoisotopic (exact) mass is 370 g/mol. The van der Waals surface area contributed by atoms with Gasteiger partial charge in [0.1, 0.15) is 0 Å². The fourth-order valence-electron chi connectivity index (χ4n) is 2.84. The third-order valence-electron chi connectivity index (χ3n) is 4.69. The van der Waals surface area contributed by atoms with Crippen LogP contribution in [-0.4, -0.2) is 39.8 Å². The summed E-state index contributed by atoms with van der Waals surface area (Å²) < 4.78 is 0. The lowest BCUT2D eigenvalue weighted by Gasteiger charge is -2.23. The van der Waals surface area contributed by atoms with Crippen molar-refractivity contribution in [3.8, 4) is 11.1 Å². The maximum Gasteiger partial charge on any atom is 0.338 e. The first-order valence-electron chi connectivity index (χ1n) is 8.98. The van der Waals surface area contributed by atoms with Crippen molar-refractivity contribution in [2.24, 2.45) is 11.7 Å². The van der Waals surface area contributed by atoms with Gasteiger partial charge in [-0.15, -0.1) is 0 Å². The number of carbonyl (C=O) groups excluding carboxylic acids is 2. The average molecular weight is 370 g/mol. The van der Waals surface area contributed by atoms with Crippen LogP contribution >= 0.6 is 0 Å². The first-order chi connectivity index (χ1) is 12.8. The van der Waals surface area contributed by atoms with Crippen LogP contribution in [0.5, 0.6) is 0 Å². The molecule has 2 aromatic carbocycles. The van der Waals surface area contributed by atoms with Gasteiger partial charge in [-0.2, -0.15) is 0 Å². The molecule has 0 heterocycles. The van der Waals surface area contributed by atoms with Gasteiger partial charge in [-0.25, -0.2) is 9.86 Å². The summed E-state index contributed by atoms with van der Waals surface area (Å²) in [5.41, 5.74) is 8.85. The summed E-state index contributed by atoms with van der Waals surface area (Å²) in [7, 11) is 0. The largest absolute Gasteiger partial charge is 0.393 e. The molecule has 0 aliphatic rings. The number of ketones is 1. The Morgan fingerprint density at radius 3 is 2.00 bits per heavy atom. The minimum atomic E-state index is -1.02. The maximum atomic E-state index is 12.5. The van der Waals surface area contributed by atoms with E-state index < -0.39 is 18.1 Å². The number of nitrogens with zero attached hydrogens (tertiary/aromatic N) is 1. The molecule has 0 aliphatic heterocycles. The lowest BCUT2D eigenvalue weighted by atomic mass is 9.93. The zero-order valence-corrected chi connectivity index (χ0v) is 15.6. The number of amides is 2. The summed E-state index contributed by atoms with van der Waals surface area (Å²) in [6.45, 7) is 3.41. The van der Waals surface area contributed by atoms with Crippen molar-refractivity contribution in [2.45, 2.75) is 32.8 Å². The zero-order valence-electron chi connectivity index (χ0n) is 15.6. The van der Waals surface area contributed by atoms with E-state index in [9.17, 15) is 19.9 Å². The molecule has 0 bridgehead atoms. The lowest BCUT2D eigenvalue weighted by molar-refractivity contribution is -0.0631. The van der Waals surface area contributed by atoms with E-state index in [0.29, 0.717) is 10.6 Å². The number of primary amides is 1. The molecule has 2 rings (SSSR count). The fraction of sp³-hybridized carbons (Fsp3) is 0.333. The van der Waals surface area contributed by atoms with Gasteiger partial charge in [0.15, 0.2) is 5.78 Å². The number of benzene rings is 2. The minimum absolute atomic E-state index is 0.00739. The van der Waals surface area contributed by atoms with Crippen LogP contribution in [0.1, 0.15) is 36.2 Å². The highest BCUT2D eigenvalue weighted by molar-refractivity contribution is 5.96. The number of urea groups is 1. The predicted octanol–water partition coefficient (Wildman–Crippen LogP) is 3.26. The van der Waals surface area contributed by atoms with Gasteiger partial charge in [-0.05, 0) is 30.0 Å². The van der Waals surface area contributed by atoms with Crippen LogP contribution in [0, 0.1) is 5.92 Å². The third kappa shape index (κ3) is 5.64. The number of Topliss-reactive ketones (excluding diaryl/α,β-unsaturated/α-hetero) is 1. The van der Waals surface area contributed by atoms with Gasteiger partial charge >= 0.3 is 6.03 Å². The van der Waals surface area contributed by atoms with Crippen molar-refractivity contribution in [1.29, 1.82) is 0 Å². The molecule has 4 N–H and O–H groups in total. The lowest BCUT2D eigenvalue weighted by Crippen LogP contribution is -2.40. The first kappa shape index (κ1) is 20.6. The van der Waals surface area contributed by atoms with Gasteiger partial charge in [0.2, 0.25) is 0 Å². The van der Waals surface area contributed by atoms with Crippen molar-refractivity contribution in [3.05, 3.63) is 59.7 Å². The van der Waals surface area contributed by atoms with E-state index in [1.807, 2.05) is 12.1 Å². The molecule has 0 aliphatic carbocycles. The van der Waals surface area contributed by atoms with Crippen molar-refractivity contribution in [1.82, 2.24) is 5.06 Å². The highest BCUT2D eigenvalue weighted by Gasteiger charge is 2.23. The normalized spacial score (nSPS) is 13.0. The van der Waals surface area contributed by atoms with Crippen LogP contribution < -0.4 is 5.73 Å². The summed E-state index contributed by atoms with van der Waals surface area (Å²) in [5, 5.41) is 19.6. The Labute approximate surface area is 159 Å². The summed E-state index contributed by atoms with van der Waals surface area (Å²) >= 11 is 0. The summed E-state index contributed by atoms with van der Waals surface area (Å²) in [5.74, 6) is -0.789. The molecular weight excluding hydrogens is 344 g/mol. The second-order valence-corrected chi connectivity index (χ2v) is 6.68. The van der Waals surface area contributed by atoms with E-state index in [4.69, 9.17) is 5.73 Å². The molecule has 0 aromatic heterocycles. The Balaban J connectivity index is 2.08. The number of aliphatic hydroxyl groups excluding tert-OH is 1. The SMILES string of the molecule is CCc1ccc(-c2ccc(C(=O)C[C@H](CN(O)C(N)=O)[C@@H](C)O)cc2)cc1. The third-order valence-corrected chi connectivity index (χ3v) is 4.69. The number of hydrogen-bond donors (Lipinski definition) is 3. The molecule has 6 nitrogen and oxygen atoms in total. The van der Waals surface area contributed by atoms with Gasteiger partial charge in [0.05, 0.1) is 12.6 Å². The molecule has 2 atom stereocenters. The Kier molecular flexibility index (Phi) is 7.10. The Hall–Kier alpha value is -2.70.